The first kappa shape index (κ1) is 16.6. The Morgan fingerprint density at radius 2 is 1.82 bits per heavy atom. The molecule has 0 fully saturated rings. The van der Waals surface area contributed by atoms with Crippen LogP contribution in [0.2, 0.25) is 0 Å². The van der Waals surface area contributed by atoms with Gasteiger partial charge in [0.1, 0.15) is 5.75 Å². The van der Waals surface area contributed by atoms with Crippen molar-refractivity contribution in [3.63, 3.8) is 0 Å². The van der Waals surface area contributed by atoms with Crippen LogP contribution in [0.5, 0.6) is 5.75 Å². The van der Waals surface area contributed by atoms with E-state index in [1.54, 1.807) is 48.4 Å². The van der Waals surface area contributed by atoms with Crippen molar-refractivity contribution >= 4 is 29.6 Å². The predicted octanol–water partition coefficient (Wildman–Crippen LogP) is 2.79. The van der Waals surface area contributed by atoms with Crippen LogP contribution < -0.4 is 9.64 Å². The molecule has 0 bridgehead atoms. The average Bonchev–Trinajstić information content (AvgIpc) is 2.95. The highest BCUT2D eigenvalue weighted by atomic mass is 16.5. The molecule has 2 aliphatic heterocycles. The Morgan fingerprint density at radius 1 is 1.11 bits per heavy atom. The summed E-state index contributed by atoms with van der Waals surface area (Å²) in [5.74, 6) is -0.299. The number of methoxy groups -OCH3 is 1. The molecule has 1 aliphatic carbocycles. The lowest BCUT2D eigenvalue weighted by molar-refractivity contribution is -0.107. The summed E-state index contributed by atoms with van der Waals surface area (Å²) in [6.07, 6.45) is 4.98. The molecule has 0 aromatic heterocycles. The Bertz CT molecular complexity index is 1080. The van der Waals surface area contributed by atoms with Crippen LogP contribution in [-0.2, 0) is 9.53 Å². The van der Waals surface area contributed by atoms with Crippen molar-refractivity contribution < 1.29 is 23.9 Å². The summed E-state index contributed by atoms with van der Waals surface area (Å²) in [5, 5.41) is 0. The average molecular weight is 373 g/mol. The number of carbonyl (C=O) groups excluding carboxylic acids is 3. The van der Waals surface area contributed by atoms with Crippen molar-refractivity contribution in [1.82, 2.24) is 0 Å². The summed E-state index contributed by atoms with van der Waals surface area (Å²) in [5.41, 5.74) is 0.284. The van der Waals surface area contributed by atoms with Gasteiger partial charge in [-0.1, -0.05) is 30.3 Å². The Morgan fingerprint density at radius 3 is 2.46 bits per heavy atom. The zero-order valence-electron chi connectivity index (χ0n) is 14.9. The SMILES string of the molecule is COc1ccc2c(c1)C=CC1OC3(C(=O)c4ccccc4C3=O)C(C=O)=CN21. The van der Waals surface area contributed by atoms with Gasteiger partial charge in [-0.2, -0.15) is 0 Å². The van der Waals surface area contributed by atoms with Gasteiger partial charge in [0, 0.05) is 22.9 Å². The van der Waals surface area contributed by atoms with Crippen molar-refractivity contribution in [2.75, 3.05) is 12.0 Å². The summed E-state index contributed by atoms with van der Waals surface area (Å²) in [4.78, 5) is 40.0. The number of carbonyl (C=O) groups is 3. The van der Waals surface area contributed by atoms with Gasteiger partial charge < -0.3 is 14.4 Å². The van der Waals surface area contributed by atoms with Crippen molar-refractivity contribution in [3.05, 3.63) is 77.0 Å². The number of ether oxygens (including phenoxy) is 2. The molecule has 2 aromatic rings. The third-order valence-electron chi connectivity index (χ3n) is 5.39. The molecule has 3 aliphatic rings. The molecule has 28 heavy (non-hydrogen) atoms. The number of fused-ring (bicyclic) bond motifs is 4. The number of anilines is 1. The van der Waals surface area contributed by atoms with Crippen molar-refractivity contribution in [2.45, 2.75) is 11.8 Å². The fourth-order valence-electron chi connectivity index (χ4n) is 4.02. The molecular weight excluding hydrogens is 358 g/mol. The molecule has 0 radical (unpaired) electrons. The van der Waals surface area contributed by atoms with E-state index in [0.29, 0.717) is 12.0 Å². The minimum absolute atomic E-state index is 0.00739. The minimum Gasteiger partial charge on any atom is -0.497 e. The van der Waals surface area contributed by atoms with E-state index in [4.69, 9.17) is 9.47 Å². The molecule has 6 heteroatoms. The van der Waals surface area contributed by atoms with E-state index in [2.05, 4.69) is 0 Å². The van der Waals surface area contributed by atoms with Crippen LogP contribution in [-0.4, -0.2) is 36.8 Å². The molecule has 2 heterocycles. The second-order valence-corrected chi connectivity index (χ2v) is 6.79. The second-order valence-electron chi connectivity index (χ2n) is 6.79. The predicted molar refractivity (Wildman–Crippen MR) is 101 cm³/mol. The highest BCUT2D eigenvalue weighted by molar-refractivity contribution is 6.36. The van der Waals surface area contributed by atoms with E-state index in [1.807, 2.05) is 18.2 Å². The first-order valence-corrected chi connectivity index (χ1v) is 8.78. The lowest BCUT2D eigenvalue weighted by Crippen LogP contribution is -2.56. The molecule has 2 aromatic carbocycles. The van der Waals surface area contributed by atoms with E-state index in [0.717, 1.165) is 11.3 Å². The Hall–Kier alpha value is -3.51. The maximum Gasteiger partial charge on any atom is 0.225 e. The number of Topliss-reactive ketones (excluding diaryl/α,β-unsaturated/α-hetero) is 2. The summed E-state index contributed by atoms with van der Waals surface area (Å²) in [7, 11) is 1.59. The summed E-state index contributed by atoms with van der Waals surface area (Å²) in [6, 6.07) is 12.1. The number of hydrogen-bond acceptors (Lipinski definition) is 6. The van der Waals surface area contributed by atoms with Crippen molar-refractivity contribution in [2.24, 2.45) is 0 Å². The van der Waals surface area contributed by atoms with Gasteiger partial charge in [-0.3, -0.25) is 14.4 Å². The van der Waals surface area contributed by atoms with Crippen molar-refractivity contribution in [1.29, 1.82) is 0 Å². The monoisotopic (exact) mass is 373 g/mol. The molecule has 1 spiro atoms. The third kappa shape index (κ3) is 1.98. The van der Waals surface area contributed by atoms with Gasteiger partial charge in [0.15, 0.2) is 12.5 Å². The minimum atomic E-state index is -1.93. The zero-order valence-corrected chi connectivity index (χ0v) is 14.9. The fraction of sp³-hybridized carbons (Fsp3) is 0.136. The van der Waals surface area contributed by atoms with Crippen LogP contribution in [0.1, 0.15) is 26.3 Å². The first-order chi connectivity index (χ1) is 13.6. The third-order valence-corrected chi connectivity index (χ3v) is 5.39. The van der Waals surface area contributed by atoms with Crippen LogP contribution in [0.15, 0.2) is 60.3 Å². The van der Waals surface area contributed by atoms with Gasteiger partial charge in [0.2, 0.25) is 17.2 Å². The number of nitrogens with zero attached hydrogens (tertiary/aromatic N) is 1. The standard InChI is InChI=1S/C22H15NO5/c1-27-15-7-8-18-13(10-15)6-9-19-23(18)11-14(12-24)22(28-19)20(25)16-4-2-3-5-17(16)21(22)26/h2-12,19H,1H3. The smallest absolute Gasteiger partial charge is 0.225 e. The van der Waals surface area contributed by atoms with Crippen LogP contribution in [0, 0.1) is 0 Å². The van der Waals surface area contributed by atoms with E-state index >= 15 is 0 Å². The summed E-state index contributed by atoms with van der Waals surface area (Å²) < 4.78 is 11.3. The highest BCUT2D eigenvalue weighted by Gasteiger charge is 2.60. The molecule has 1 unspecified atom stereocenters. The molecular formula is C22H15NO5. The topological polar surface area (TPSA) is 72.9 Å². The van der Waals surface area contributed by atoms with E-state index in [1.165, 1.54) is 6.20 Å². The Labute approximate surface area is 160 Å². The van der Waals surface area contributed by atoms with Gasteiger partial charge in [-0.25, -0.2) is 0 Å². The Balaban J connectivity index is 1.66. The Kier molecular flexibility index (Phi) is 3.41. The summed E-state index contributed by atoms with van der Waals surface area (Å²) >= 11 is 0. The molecule has 6 nitrogen and oxygen atoms in total. The van der Waals surface area contributed by atoms with Crippen molar-refractivity contribution in [3.8, 4) is 5.75 Å². The molecule has 0 saturated heterocycles. The van der Waals surface area contributed by atoms with Crippen LogP contribution in [0.3, 0.4) is 0 Å². The number of hydrogen-bond donors (Lipinski definition) is 0. The largest absolute Gasteiger partial charge is 0.497 e. The molecule has 5 rings (SSSR count). The quantitative estimate of drug-likeness (QED) is 0.595. The van der Waals surface area contributed by atoms with Gasteiger partial charge >= 0.3 is 0 Å². The maximum atomic E-state index is 13.2. The summed E-state index contributed by atoms with van der Waals surface area (Å²) in [6.45, 7) is 0. The first-order valence-electron chi connectivity index (χ1n) is 8.78. The molecule has 0 N–H and O–H groups in total. The van der Waals surface area contributed by atoms with Gasteiger partial charge in [-0.15, -0.1) is 0 Å². The van der Waals surface area contributed by atoms with Crippen LogP contribution in [0.4, 0.5) is 5.69 Å². The highest BCUT2D eigenvalue weighted by Crippen LogP contribution is 2.44. The number of benzene rings is 2. The molecule has 0 amide bonds. The van der Waals surface area contributed by atoms with E-state index in [-0.39, 0.29) is 16.7 Å². The molecule has 1 atom stereocenters. The fourth-order valence-corrected chi connectivity index (χ4v) is 4.02. The normalized spacial score (nSPS) is 21.1. The number of rotatable bonds is 2. The molecule has 138 valence electrons. The lowest BCUT2D eigenvalue weighted by Gasteiger charge is -2.42. The second kappa shape index (κ2) is 5.74. The maximum absolute atomic E-state index is 13.2. The molecule has 0 saturated carbocycles. The lowest BCUT2D eigenvalue weighted by atomic mass is 9.87. The van der Waals surface area contributed by atoms with E-state index < -0.39 is 23.4 Å². The van der Waals surface area contributed by atoms with Crippen LogP contribution in [0.25, 0.3) is 6.08 Å². The zero-order chi connectivity index (χ0) is 19.5. The number of aldehydes is 1. The van der Waals surface area contributed by atoms with Gasteiger partial charge in [-0.05, 0) is 24.3 Å². The van der Waals surface area contributed by atoms with Crippen LogP contribution >= 0.6 is 0 Å². The van der Waals surface area contributed by atoms with Gasteiger partial charge in [0.05, 0.1) is 18.4 Å². The van der Waals surface area contributed by atoms with E-state index in [9.17, 15) is 14.4 Å². The number of ketones is 2. The van der Waals surface area contributed by atoms with Gasteiger partial charge in [0.25, 0.3) is 0 Å².